The molecule has 1 heterocycles. The zero-order valence-electron chi connectivity index (χ0n) is 12.1. The lowest BCUT2D eigenvalue weighted by Crippen LogP contribution is -2.12. The molecule has 6 heteroatoms. The fraction of sp³-hybridized carbons (Fsp3) is 0.118. The van der Waals surface area contributed by atoms with Crippen LogP contribution in [0.25, 0.3) is 17.1 Å². The van der Waals surface area contributed by atoms with Crippen LogP contribution in [0.1, 0.15) is 11.1 Å². The second kappa shape index (κ2) is 5.89. The van der Waals surface area contributed by atoms with Gasteiger partial charge in [0.1, 0.15) is 5.82 Å². The summed E-state index contributed by atoms with van der Waals surface area (Å²) in [6, 6.07) is 13.2. The smallest absolute Gasteiger partial charge is 0.326 e. The second-order valence-electron chi connectivity index (χ2n) is 5.04. The maximum absolute atomic E-state index is 13.4. The molecule has 3 rings (SSSR count). The maximum atomic E-state index is 13.4. The van der Waals surface area contributed by atoms with Gasteiger partial charge in [0.05, 0.1) is 11.3 Å². The Labute approximate surface area is 131 Å². The van der Waals surface area contributed by atoms with Crippen molar-refractivity contribution in [2.75, 3.05) is 0 Å². The SMILES string of the molecule is NCc1ccc(-n2ccnc2-c2ccccc2)c(C(F)(F)F)c1. The van der Waals surface area contributed by atoms with E-state index in [4.69, 9.17) is 5.73 Å². The minimum atomic E-state index is -4.47. The highest BCUT2D eigenvalue weighted by Crippen LogP contribution is 2.36. The lowest BCUT2D eigenvalue weighted by Gasteiger charge is -2.16. The van der Waals surface area contributed by atoms with E-state index >= 15 is 0 Å². The molecule has 0 bridgehead atoms. The summed E-state index contributed by atoms with van der Waals surface area (Å²) in [6.45, 7) is 0.0544. The van der Waals surface area contributed by atoms with Gasteiger partial charge in [0.25, 0.3) is 0 Å². The molecule has 0 spiro atoms. The molecule has 0 fully saturated rings. The number of imidazole rings is 1. The number of nitrogens with zero attached hydrogens (tertiary/aromatic N) is 2. The molecule has 0 unspecified atom stereocenters. The Kier molecular flexibility index (Phi) is 3.92. The van der Waals surface area contributed by atoms with Crippen molar-refractivity contribution in [1.29, 1.82) is 0 Å². The number of aromatic nitrogens is 2. The third kappa shape index (κ3) is 2.98. The largest absolute Gasteiger partial charge is 0.418 e. The van der Waals surface area contributed by atoms with Gasteiger partial charge in [-0.1, -0.05) is 36.4 Å². The number of nitrogens with two attached hydrogens (primary N) is 1. The van der Waals surface area contributed by atoms with Gasteiger partial charge in [-0.15, -0.1) is 0 Å². The van der Waals surface area contributed by atoms with Gasteiger partial charge in [-0.05, 0) is 17.7 Å². The number of hydrogen-bond acceptors (Lipinski definition) is 2. The Morgan fingerprint density at radius 2 is 1.78 bits per heavy atom. The highest BCUT2D eigenvalue weighted by molar-refractivity contribution is 5.60. The Morgan fingerprint density at radius 1 is 1.04 bits per heavy atom. The molecule has 3 aromatic rings. The molecule has 0 aliphatic rings. The summed E-state index contributed by atoms with van der Waals surface area (Å²) < 4.78 is 41.7. The van der Waals surface area contributed by atoms with Crippen LogP contribution in [0.2, 0.25) is 0 Å². The summed E-state index contributed by atoms with van der Waals surface area (Å²) in [6.07, 6.45) is -1.47. The van der Waals surface area contributed by atoms with Crippen molar-refractivity contribution < 1.29 is 13.2 Å². The molecular weight excluding hydrogens is 303 g/mol. The minimum Gasteiger partial charge on any atom is -0.326 e. The first-order valence-corrected chi connectivity index (χ1v) is 7.00. The van der Waals surface area contributed by atoms with E-state index in [0.717, 1.165) is 11.6 Å². The standard InChI is InChI=1S/C17H14F3N3/c18-17(19,20)14-10-12(11-21)6-7-15(14)23-9-8-22-16(23)13-4-2-1-3-5-13/h1-10H,11,21H2. The summed E-state index contributed by atoms with van der Waals surface area (Å²) in [5, 5.41) is 0. The summed E-state index contributed by atoms with van der Waals surface area (Å²) in [4.78, 5) is 4.20. The van der Waals surface area contributed by atoms with E-state index in [-0.39, 0.29) is 12.2 Å². The van der Waals surface area contributed by atoms with E-state index in [9.17, 15) is 13.2 Å². The van der Waals surface area contributed by atoms with Gasteiger partial charge in [-0.3, -0.25) is 4.57 Å². The van der Waals surface area contributed by atoms with Gasteiger partial charge >= 0.3 is 6.18 Å². The molecule has 0 saturated heterocycles. The average Bonchev–Trinajstić information content (AvgIpc) is 3.03. The highest BCUT2D eigenvalue weighted by atomic mass is 19.4. The van der Waals surface area contributed by atoms with Crippen LogP contribution in [0.4, 0.5) is 13.2 Å². The van der Waals surface area contributed by atoms with Crippen LogP contribution in [0, 0.1) is 0 Å². The van der Waals surface area contributed by atoms with Gasteiger partial charge in [0.2, 0.25) is 0 Å². The van der Waals surface area contributed by atoms with E-state index in [1.165, 1.54) is 23.0 Å². The van der Waals surface area contributed by atoms with Crippen molar-refractivity contribution in [2.45, 2.75) is 12.7 Å². The monoisotopic (exact) mass is 317 g/mol. The normalized spacial score (nSPS) is 11.7. The summed E-state index contributed by atoms with van der Waals surface area (Å²) in [5.74, 6) is 0.455. The average molecular weight is 317 g/mol. The summed E-state index contributed by atoms with van der Waals surface area (Å²) >= 11 is 0. The molecule has 0 aliphatic heterocycles. The molecule has 2 N–H and O–H groups in total. The molecule has 0 saturated carbocycles. The minimum absolute atomic E-state index is 0.0334. The van der Waals surface area contributed by atoms with Crippen molar-refractivity contribution in [3.63, 3.8) is 0 Å². The first-order valence-electron chi connectivity index (χ1n) is 7.00. The predicted octanol–water partition coefficient (Wildman–Crippen LogP) is 4.02. The number of halogens is 3. The summed E-state index contributed by atoms with van der Waals surface area (Å²) in [7, 11) is 0. The first-order chi connectivity index (χ1) is 11.0. The number of hydrogen-bond donors (Lipinski definition) is 1. The number of benzene rings is 2. The molecule has 1 aromatic heterocycles. The van der Waals surface area contributed by atoms with Crippen molar-refractivity contribution >= 4 is 0 Å². The Morgan fingerprint density at radius 3 is 2.43 bits per heavy atom. The van der Waals surface area contributed by atoms with Crippen molar-refractivity contribution in [2.24, 2.45) is 5.73 Å². The van der Waals surface area contributed by atoms with Crippen molar-refractivity contribution in [3.8, 4) is 17.1 Å². The third-order valence-electron chi connectivity index (χ3n) is 3.53. The second-order valence-corrected chi connectivity index (χ2v) is 5.04. The number of rotatable bonds is 3. The molecule has 3 nitrogen and oxygen atoms in total. The van der Waals surface area contributed by atoms with Crippen LogP contribution < -0.4 is 5.73 Å². The Hall–Kier alpha value is -2.60. The molecular formula is C17H14F3N3. The quantitative estimate of drug-likeness (QED) is 0.793. The fourth-order valence-electron chi connectivity index (χ4n) is 2.45. The van der Waals surface area contributed by atoms with Gasteiger partial charge in [-0.2, -0.15) is 13.2 Å². The number of alkyl halides is 3. The van der Waals surface area contributed by atoms with Crippen molar-refractivity contribution in [1.82, 2.24) is 9.55 Å². The van der Waals surface area contributed by atoms with Crippen LogP contribution in [0.3, 0.4) is 0 Å². The van der Waals surface area contributed by atoms with Crippen molar-refractivity contribution in [3.05, 3.63) is 72.1 Å². The van der Waals surface area contributed by atoms with Crippen LogP contribution in [-0.2, 0) is 12.7 Å². The molecule has 0 amide bonds. The van der Waals surface area contributed by atoms with E-state index in [1.54, 1.807) is 18.2 Å². The maximum Gasteiger partial charge on any atom is 0.418 e. The lowest BCUT2D eigenvalue weighted by molar-refractivity contribution is -0.137. The van der Waals surface area contributed by atoms with Crippen LogP contribution >= 0.6 is 0 Å². The van der Waals surface area contributed by atoms with Crippen LogP contribution in [-0.4, -0.2) is 9.55 Å². The predicted molar refractivity (Wildman–Crippen MR) is 81.9 cm³/mol. The molecule has 2 aromatic carbocycles. The molecule has 0 radical (unpaired) electrons. The lowest BCUT2D eigenvalue weighted by atomic mass is 10.1. The van der Waals surface area contributed by atoms with E-state index < -0.39 is 11.7 Å². The van der Waals surface area contributed by atoms with Gasteiger partial charge in [-0.25, -0.2) is 4.98 Å². The van der Waals surface area contributed by atoms with E-state index in [2.05, 4.69) is 4.98 Å². The van der Waals surface area contributed by atoms with E-state index in [0.29, 0.717) is 11.4 Å². The first kappa shape index (κ1) is 15.3. The molecule has 0 aliphatic carbocycles. The van der Waals surface area contributed by atoms with Crippen LogP contribution in [0.5, 0.6) is 0 Å². The topological polar surface area (TPSA) is 43.8 Å². The molecule has 0 atom stereocenters. The van der Waals surface area contributed by atoms with E-state index in [1.807, 2.05) is 18.2 Å². The highest BCUT2D eigenvalue weighted by Gasteiger charge is 2.34. The Bertz CT molecular complexity index is 807. The van der Waals surface area contributed by atoms with Gasteiger partial charge in [0.15, 0.2) is 0 Å². The fourth-order valence-corrected chi connectivity index (χ4v) is 2.45. The molecule has 23 heavy (non-hydrogen) atoms. The van der Waals surface area contributed by atoms with Gasteiger partial charge < -0.3 is 5.73 Å². The summed E-state index contributed by atoms with van der Waals surface area (Å²) in [5.41, 5.74) is 5.95. The van der Waals surface area contributed by atoms with Crippen LogP contribution in [0.15, 0.2) is 60.9 Å². The third-order valence-corrected chi connectivity index (χ3v) is 3.53. The zero-order valence-corrected chi connectivity index (χ0v) is 12.1. The zero-order chi connectivity index (χ0) is 16.4. The molecule has 118 valence electrons. The van der Waals surface area contributed by atoms with Gasteiger partial charge in [0, 0.05) is 24.5 Å². The Balaban J connectivity index is 2.19.